The zero-order chi connectivity index (χ0) is 12.8. The van der Waals surface area contributed by atoms with Crippen LogP contribution in [0.3, 0.4) is 0 Å². The third-order valence-electron chi connectivity index (χ3n) is 3.67. The van der Waals surface area contributed by atoms with Gasteiger partial charge >= 0.3 is 0 Å². The molecular weight excluding hydrogens is 327 g/mol. The zero-order valence-electron chi connectivity index (χ0n) is 10.2. The Morgan fingerprint density at radius 3 is 2.68 bits per heavy atom. The number of hydrogen-bond acceptors (Lipinski definition) is 4. The molecule has 108 valence electrons. The van der Waals surface area contributed by atoms with Crippen LogP contribution >= 0.6 is 35.3 Å². The predicted molar refractivity (Wildman–Crippen MR) is 79.9 cm³/mol. The first-order valence-corrected chi connectivity index (χ1v) is 8.72. The maximum atomic E-state index is 12.7. The van der Waals surface area contributed by atoms with Crippen molar-refractivity contribution in [3.8, 4) is 0 Å². The molecule has 0 spiro atoms. The van der Waals surface area contributed by atoms with E-state index in [2.05, 4.69) is 5.32 Å². The van der Waals surface area contributed by atoms with Crippen molar-refractivity contribution in [2.75, 3.05) is 13.1 Å². The summed E-state index contributed by atoms with van der Waals surface area (Å²) in [6.07, 6.45) is 2.83. The van der Waals surface area contributed by atoms with Crippen LogP contribution in [-0.2, 0) is 10.0 Å². The van der Waals surface area contributed by atoms with Gasteiger partial charge in [-0.1, -0.05) is 11.6 Å². The second kappa shape index (κ2) is 5.87. The lowest BCUT2D eigenvalue weighted by molar-refractivity contribution is 0.335. The molecule has 3 heterocycles. The number of rotatable bonds is 2. The van der Waals surface area contributed by atoms with E-state index in [1.807, 2.05) is 0 Å². The van der Waals surface area contributed by atoms with Gasteiger partial charge in [0.15, 0.2) is 0 Å². The minimum atomic E-state index is -3.37. The van der Waals surface area contributed by atoms with Gasteiger partial charge in [-0.25, -0.2) is 8.42 Å². The lowest BCUT2D eigenvalue weighted by Crippen LogP contribution is -2.42. The monoisotopic (exact) mass is 342 g/mol. The lowest BCUT2D eigenvalue weighted by Gasteiger charge is -2.26. The molecule has 1 aromatic heterocycles. The van der Waals surface area contributed by atoms with Crippen molar-refractivity contribution in [1.82, 2.24) is 9.62 Å². The van der Waals surface area contributed by atoms with Crippen molar-refractivity contribution < 1.29 is 8.42 Å². The molecule has 8 heteroatoms. The van der Waals surface area contributed by atoms with E-state index in [0.717, 1.165) is 43.7 Å². The molecule has 1 aromatic rings. The Balaban J connectivity index is 0.00000133. The number of fused-ring (bicyclic) bond motifs is 2. The fourth-order valence-corrected chi connectivity index (χ4v) is 6.36. The molecule has 2 fully saturated rings. The molecule has 2 atom stereocenters. The lowest BCUT2D eigenvalue weighted by atomic mass is 10.1. The van der Waals surface area contributed by atoms with Crippen LogP contribution in [0.5, 0.6) is 0 Å². The Bertz CT molecular complexity index is 533. The second-order valence-corrected chi connectivity index (χ2v) is 8.56. The van der Waals surface area contributed by atoms with Gasteiger partial charge in [-0.15, -0.1) is 23.7 Å². The van der Waals surface area contributed by atoms with Gasteiger partial charge in [0.2, 0.25) is 0 Å². The van der Waals surface area contributed by atoms with E-state index in [1.54, 1.807) is 16.4 Å². The number of halogens is 2. The molecule has 0 radical (unpaired) electrons. The van der Waals surface area contributed by atoms with Crippen molar-refractivity contribution in [3.05, 3.63) is 16.5 Å². The van der Waals surface area contributed by atoms with Crippen LogP contribution in [0.2, 0.25) is 4.34 Å². The molecule has 2 saturated heterocycles. The Kier molecular flexibility index (Phi) is 4.80. The molecule has 2 aliphatic rings. The van der Waals surface area contributed by atoms with Crippen LogP contribution in [0, 0.1) is 0 Å². The maximum Gasteiger partial charge on any atom is 0.253 e. The quantitative estimate of drug-likeness (QED) is 0.897. The molecule has 3 rings (SSSR count). The summed E-state index contributed by atoms with van der Waals surface area (Å²) in [5.74, 6) is 0. The summed E-state index contributed by atoms with van der Waals surface area (Å²) in [6, 6.07) is 3.51. The molecule has 4 nitrogen and oxygen atoms in total. The Morgan fingerprint density at radius 2 is 2.00 bits per heavy atom. The van der Waals surface area contributed by atoms with Crippen LogP contribution in [-0.4, -0.2) is 37.9 Å². The van der Waals surface area contributed by atoms with Crippen LogP contribution in [0.25, 0.3) is 0 Å². The van der Waals surface area contributed by atoms with E-state index >= 15 is 0 Å². The molecular formula is C11H16Cl2N2O2S2. The number of thiophene rings is 1. The predicted octanol–water partition coefficient (Wildman–Crippen LogP) is 2.34. The summed E-state index contributed by atoms with van der Waals surface area (Å²) < 4.78 is 27.9. The van der Waals surface area contributed by atoms with Crippen molar-refractivity contribution >= 4 is 45.4 Å². The summed E-state index contributed by atoms with van der Waals surface area (Å²) in [5, 5.41) is 3.31. The summed E-state index contributed by atoms with van der Waals surface area (Å²) in [7, 11) is -3.37. The maximum absolute atomic E-state index is 12.7. The summed E-state index contributed by atoms with van der Waals surface area (Å²) in [6.45, 7) is 1.66. The zero-order valence-corrected chi connectivity index (χ0v) is 13.4. The average molecular weight is 343 g/mol. The third-order valence-corrected chi connectivity index (χ3v) is 7.37. The molecule has 0 aromatic carbocycles. The fourth-order valence-electron chi connectivity index (χ4n) is 2.87. The van der Waals surface area contributed by atoms with E-state index in [-0.39, 0.29) is 24.5 Å². The smallest absolute Gasteiger partial charge is 0.253 e. The number of hydrogen-bond donors (Lipinski definition) is 1. The Hall–Kier alpha value is 0.150. The highest BCUT2D eigenvalue weighted by Gasteiger charge is 2.43. The summed E-state index contributed by atoms with van der Waals surface area (Å²) in [5.41, 5.74) is 0. The van der Waals surface area contributed by atoms with Gasteiger partial charge in [0.1, 0.15) is 4.21 Å². The number of nitrogens with zero attached hydrogens (tertiary/aromatic N) is 1. The van der Waals surface area contributed by atoms with Gasteiger partial charge in [-0.05, 0) is 37.9 Å². The molecule has 19 heavy (non-hydrogen) atoms. The van der Waals surface area contributed by atoms with Gasteiger partial charge < -0.3 is 5.32 Å². The van der Waals surface area contributed by atoms with Crippen LogP contribution < -0.4 is 5.32 Å². The molecule has 0 saturated carbocycles. The minimum absolute atomic E-state index is 0. The van der Waals surface area contributed by atoms with Crippen molar-refractivity contribution in [2.24, 2.45) is 0 Å². The normalized spacial score (nSPS) is 27.8. The highest BCUT2D eigenvalue weighted by Crippen LogP contribution is 2.36. The highest BCUT2D eigenvalue weighted by atomic mass is 35.5. The summed E-state index contributed by atoms with van der Waals surface area (Å²) >= 11 is 6.99. The van der Waals surface area contributed by atoms with Crippen LogP contribution in [0.4, 0.5) is 0 Å². The van der Waals surface area contributed by atoms with Gasteiger partial charge in [-0.2, -0.15) is 4.31 Å². The largest absolute Gasteiger partial charge is 0.315 e. The first-order chi connectivity index (χ1) is 8.59. The Labute approximate surface area is 128 Å². The van der Waals surface area contributed by atoms with Crippen LogP contribution in [0.15, 0.2) is 16.3 Å². The van der Waals surface area contributed by atoms with Gasteiger partial charge in [0.05, 0.1) is 4.34 Å². The summed E-state index contributed by atoms with van der Waals surface area (Å²) in [4.78, 5) is 0. The van der Waals surface area contributed by atoms with E-state index in [0.29, 0.717) is 8.55 Å². The van der Waals surface area contributed by atoms with Crippen molar-refractivity contribution in [3.63, 3.8) is 0 Å². The van der Waals surface area contributed by atoms with Crippen LogP contribution in [0.1, 0.15) is 19.3 Å². The molecule has 2 aliphatic heterocycles. The minimum Gasteiger partial charge on any atom is -0.315 e. The second-order valence-electron chi connectivity index (χ2n) is 4.77. The molecule has 1 N–H and O–H groups in total. The first-order valence-electron chi connectivity index (χ1n) is 6.08. The number of nitrogens with one attached hydrogen (secondary N) is 1. The number of sulfonamides is 1. The third kappa shape index (κ3) is 2.80. The fraction of sp³-hybridized carbons (Fsp3) is 0.636. The standard InChI is InChI=1S/C11H15ClN2O2S2.ClH/c12-10-3-4-11(17-10)18(15,16)14-8-1-2-9(14)7-13-6-5-8;/h3-4,8-9,13H,1-2,5-7H2;1H. The van der Waals surface area contributed by atoms with Gasteiger partial charge in [0.25, 0.3) is 10.0 Å². The topological polar surface area (TPSA) is 49.4 Å². The Morgan fingerprint density at radius 1 is 1.26 bits per heavy atom. The molecule has 2 unspecified atom stereocenters. The molecule has 2 bridgehead atoms. The highest BCUT2D eigenvalue weighted by molar-refractivity contribution is 7.91. The first kappa shape index (κ1) is 15.5. The van der Waals surface area contributed by atoms with Crippen molar-refractivity contribution in [2.45, 2.75) is 35.6 Å². The van der Waals surface area contributed by atoms with Crippen molar-refractivity contribution in [1.29, 1.82) is 0 Å². The SMILES string of the molecule is Cl.O=S(=O)(c1ccc(Cl)s1)N1C2CCNCC1CC2. The molecule has 0 aliphatic carbocycles. The average Bonchev–Trinajstić information content (AvgIpc) is 2.82. The van der Waals surface area contributed by atoms with Gasteiger partial charge in [-0.3, -0.25) is 0 Å². The van der Waals surface area contributed by atoms with E-state index in [4.69, 9.17) is 11.6 Å². The molecule has 0 amide bonds. The van der Waals surface area contributed by atoms with Gasteiger partial charge in [0, 0.05) is 18.6 Å². The van der Waals surface area contributed by atoms with E-state index in [9.17, 15) is 8.42 Å². The van der Waals surface area contributed by atoms with E-state index < -0.39 is 10.0 Å². The van der Waals surface area contributed by atoms with E-state index in [1.165, 1.54) is 0 Å².